The molecule has 1 saturated carbocycles. The van der Waals surface area contributed by atoms with Crippen LogP contribution in [0.2, 0.25) is 0 Å². The summed E-state index contributed by atoms with van der Waals surface area (Å²) in [5.41, 5.74) is -0.166. The van der Waals surface area contributed by atoms with Gasteiger partial charge in [-0.1, -0.05) is 19.4 Å². The van der Waals surface area contributed by atoms with E-state index < -0.39 is 23.0 Å². The highest BCUT2D eigenvalue weighted by molar-refractivity contribution is 6.39. The van der Waals surface area contributed by atoms with Gasteiger partial charge in [0.1, 0.15) is 5.82 Å². The lowest BCUT2D eigenvalue weighted by atomic mass is 9.86. The van der Waals surface area contributed by atoms with E-state index in [1.54, 1.807) is 0 Å². The third-order valence-electron chi connectivity index (χ3n) is 4.04. The smallest absolute Gasteiger partial charge is 0.313 e. The van der Waals surface area contributed by atoms with Crippen LogP contribution in [0.5, 0.6) is 0 Å². The molecule has 2 rings (SSSR count). The van der Waals surface area contributed by atoms with Crippen molar-refractivity contribution >= 4 is 17.5 Å². The molecule has 2 amide bonds. The van der Waals surface area contributed by atoms with Gasteiger partial charge in [-0.15, -0.1) is 0 Å². The normalized spacial score (nSPS) is 24.6. The molecule has 3 N–H and O–H groups in total. The Bertz CT molecular complexity index is 549. The second-order valence-electron chi connectivity index (χ2n) is 5.69. The van der Waals surface area contributed by atoms with Crippen molar-refractivity contribution < 1.29 is 19.1 Å². The molecule has 2 atom stereocenters. The van der Waals surface area contributed by atoms with Crippen LogP contribution >= 0.6 is 0 Å². The van der Waals surface area contributed by atoms with Gasteiger partial charge in [0, 0.05) is 17.1 Å². The van der Waals surface area contributed by atoms with Gasteiger partial charge in [-0.2, -0.15) is 0 Å². The number of carbonyl (C=O) groups excluding carboxylic acids is 2. The molecule has 1 aliphatic rings. The summed E-state index contributed by atoms with van der Waals surface area (Å²) in [5, 5.41) is 14.4. The number of carbonyl (C=O) groups is 2. The number of aliphatic hydroxyl groups is 1. The molecular weight excluding hydrogens is 275 g/mol. The fourth-order valence-electron chi connectivity index (χ4n) is 2.65. The highest BCUT2D eigenvalue weighted by Gasteiger charge is 2.39. The molecule has 1 aromatic carbocycles. The summed E-state index contributed by atoms with van der Waals surface area (Å²) in [7, 11) is 0. The zero-order valence-corrected chi connectivity index (χ0v) is 11.9. The molecule has 1 aromatic rings. The van der Waals surface area contributed by atoms with E-state index in [0.717, 1.165) is 25.3 Å². The van der Waals surface area contributed by atoms with Gasteiger partial charge in [0.05, 0.1) is 6.61 Å². The molecule has 0 aromatic heterocycles. The molecule has 6 heteroatoms. The summed E-state index contributed by atoms with van der Waals surface area (Å²) in [6.45, 7) is 1.85. The number of rotatable bonds is 3. The number of halogens is 1. The summed E-state index contributed by atoms with van der Waals surface area (Å²) in [6.07, 6.45) is 2.43. The molecule has 21 heavy (non-hydrogen) atoms. The fourth-order valence-corrected chi connectivity index (χ4v) is 2.65. The molecule has 0 aliphatic heterocycles. The summed E-state index contributed by atoms with van der Waals surface area (Å²) in [5.74, 6) is -2.10. The van der Waals surface area contributed by atoms with Crippen LogP contribution in [0.4, 0.5) is 10.1 Å². The van der Waals surface area contributed by atoms with Gasteiger partial charge in [-0.25, -0.2) is 4.39 Å². The first-order valence-electron chi connectivity index (χ1n) is 6.93. The fraction of sp³-hybridized carbons (Fsp3) is 0.467. The van der Waals surface area contributed by atoms with Crippen molar-refractivity contribution in [1.82, 2.24) is 5.32 Å². The number of nitrogens with one attached hydrogen (secondary N) is 2. The Kier molecular flexibility index (Phi) is 4.57. The lowest BCUT2D eigenvalue weighted by Gasteiger charge is -2.29. The minimum Gasteiger partial charge on any atom is -0.396 e. The molecule has 0 bridgehead atoms. The van der Waals surface area contributed by atoms with Crippen molar-refractivity contribution in [1.29, 1.82) is 0 Å². The van der Waals surface area contributed by atoms with Gasteiger partial charge in [-0.3, -0.25) is 9.59 Å². The van der Waals surface area contributed by atoms with Crippen LogP contribution < -0.4 is 10.6 Å². The van der Waals surface area contributed by atoms with Crippen LogP contribution in [0.3, 0.4) is 0 Å². The number of hydrogen-bond acceptors (Lipinski definition) is 3. The van der Waals surface area contributed by atoms with Crippen LogP contribution in [0.15, 0.2) is 24.3 Å². The Balaban J connectivity index is 1.95. The SMILES string of the molecule is CC1(CO)CCCC1NC(=O)C(=O)Nc1cccc(F)c1. The molecular formula is C15H19FN2O3. The number of aliphatic hydroxyl groups excluding tert-OH is 1. The highest BCUT2D eigenvalue weighted by atomic mass is 19.1. The number of benzene rings is 1. The van der Waals surface area contributed by atoms with Crippen molar-refractivity contribution in [2.24, 2.45) is 5.41 Å². The summed E-state index contributed by atoms with van der Waals surface area (Å²) in [4.78, 5) is 23.7. The van der Waals surface area contributed by atoms with Gasteiger partial charge >= 0.3 is 11.8 Å². The molecule has 0 spiro atoms. The van der Waals surface area contributed by atoms with Gasteiger partial charge < -0.3 is 15.7 Å². The van der Waals surface area contributed by atoms with E-state index in [2.05, 4.69) is 10.6 Å². The lowest BCUT2D eigenvalue weighted by molar-refractivity contribution is -0.137. The van der Waals surface area contributed by atoms with Crippen molar-refractivity contribution in [3.63, 3.8) is 0 Å². The van der Waals surface area contributed by atoms with Gasteiger partial charge in [0.15, 0.2) is 0 Å². The van der Waals surface area contributed by atoms with Gasteiger partial charge in [0.2, 0.25) is 0 Å². The van der Waals surface area contributed by atoms with E-state index >= 15 is 0 Å². The zero-order valence-electron chi connectivity index (χ0n) is 11.9. The molecule has 1 aliphatic carbocycles. The van der Waals surface area contributed by atoms with E-state index in [1.807, 2.05) is 6.92 Å². The van der Waals surface area contributed by atoms with Gasteiger partial charge in [0.25, 0.3) is 0 Å². The first kappa shape index (κ1) is 15.4. The largest absolute Gasteiger partial charge is 0.396 e. The summed E-state index contributed by atoms with van der Waals surface area (Å²) >= 11 is 0. The molecule has 0 saturated heterocycles. The van der Waals surface area contributed by atoms with Crippen molar-refractivity contribution in [3.05, 3.63) is 30.1 Å². The van der Waals surface area contributed by atoms with Crippen molar-refractivity contribution in [2.45, 2.75) is 32.2 Å². The minimum absolute atomic E-state index is 0.0382. The first-order valence-corrected chi connectivity index (χ1v) is 6.93. The van der Waals surface area contributed by atoms with Crippen LogP contribution in [0.25, 0.3) is 0 Å². The Hall–Kier alpha value is -1.95. The summed E-state index contributed by atoms with van der Waals surface area (Å²) in [6, 6.07) is 5.11. The summed E-state index contributed by atoms with van der Waals surface area (Å²) < 4.78 is 13.0. The molecule has 0 heterocycles. The maximum Gasteiger partial charge on any atom is 0.313 e. The maximum absolute atomic E-state index is 13.0. The Morgan fingerprint density at radius 3 is 2.86 bits per heavy atom. The lowest BCUT2D eigenvalue weighted by Crippen LogP contribution is -2.48. The molecule has 2 unspecified atom stereocenters. The van der Waals surface area contributed by atoms with E-state index in [1.165, 1.54) is 18.2 Å². The first-order chi connectivity index (χ1) is 9.94. The molecule has 1 fully saturated rings. The number of amides is 2. The molecule has 5 nitrogen and oxygen atoms in total. The second kappa shape index (κ2) is 6.22. The second-order valence-corrected chi connectivity index (χ2v) is 5.69. The van der Waals surface area contributed by atoms with E-state index in [-0.39, 0.29) is 18.3 Å². The maximum atomic E-state index is 13.0. The standard InChI is InChI=1S/C15H19FN2O3/c1-15(9-19)7-3-6-12(15)18-14(21)13(20)17-11-5-2-4-10(16)8-11/h2,4-5,8,12,19H,3,6-7,9H2,1H3,(H,17,20)(H,18,21). The average molecular weight is 294 g/mol. The van der Waals surface area contributed by atoms with E-state index in [4.69, 9.17) is 0 Å². The van der Waals surface area contributed by atoms with Crippen molar-refractivity contribution in [3.8, 4) is 0 Å². The zero-order chi connectivity index (χ0) is 15.5. The van der Waals surface area contributed by atoms with E-state index in [0.29, 0.717) is 0 Å². The third-order valence-corrected chi connectivity index (χ3v) is 4.04. The number of anilines is 1. The minimum atomic E-state index is -0.840. The Labute approximate surface area is 122 Å². The quantitative estimate of drug-likeness (QED) is 0.738. The molecule has 114 valence electrons. The number of hydrogen-bond donors (Lipinski definition) is 3. The van der Waals surface area contributed by atoms with E-state index in [9.17, 15) is 19.1 Å². The van der Waals surface area contributed by atoms with Gasteiger partial charge in [-0.05, 0) is 31.0 Å². The van der Waals surface area contributed by atoms with Crippen LogP contribution in [0, 0.1) is 11.2 Å². The molecule has 0 radical (unpaired) electrons. The predicted molar refractivity (Wildman–Crippen MR) is 76.0 cm³/mol. The highest BCUT2D eigenvalue weighted by Crippen LogP contribution is 2.37. The van der Waals surface area contributed by atoms with Crippen molar-refractivity contribution in [2.75, 3.05) is 11.9 Å². The monoisotopic (exact) mass is 294 g/mol. The Morgan fingerprint density at radius 1 is 1.43 bits per heavy atom. The Morgan fingerprint density at radius 2 is 2.19 bits per heavy atom. The van der Waals surface area contributed by atoms with Crippen LogP contribution in [-0.4, -0.2) is 29.6 Å². The third kappa shape index (κ3) is 3.58. The average Bonchev–Trinajstić information content (AvgIpc) is 2.81. The predicted octanol–water partition coefficient (Wildman–Crippen LogP) is 1.43. The topological polar surface area (TPSA) is 78.4 Å². The van der Waals surface area contributed by atoms with Crippen LogP contribution in [0.1, 0.15) is 26.2 Å². The van der Waals surface area contributed by atoms with Crippen LogP contribution in [-0.2, 0) is 9.59 Å².